The van der Waals surface area contributed by atoms with Gasteiger partial charge in [-0.25, -0.2) is 9.59 Å². The van der Waals surface area contributed by atoms with Crippen LogP contribution in [0, 0.1) is 0 Å². The first kappa shape index (κ1) is 27.1. The molecule has 0 unspecified atom stereocenters. The second-order valence-electron chi connectivity index (χ2n) is 7.97. The Morgan fingerprint density at radius 1 is 0.757 bits per heavy atom. The van der Waals surface area contributed by atoms with Crippen LogP contribution < -0.4 is 15.1 Å². The van der Waals surface area contributed by atoms with E-state index in [9.17, 15) is 27.9 Å². The molecule has 0 radical (unpaired) electrons. The van der Waals surface area contributed by atoms with E-state index in [0.717, 1.165) is 26.2 Å². The van der Waals surface area contributed by atoms with Crippen LogP contribution in [0.4, 0.5) is 30.2 Å². The number of hydrogen-bond acceptors (Lipinski definition) is 5. The average molecular weight is 515 g/mol. The summed E-state index contributed by atoms with van der Waals surface area (Å²) < 4.78 is 31.7. The van der Waals surface area contributed by atoms with E-state index < -0.39 is 18.1 Å². The highest BCUT2D eigenvalue weighted by Crippen LogP contribution is 2.27. The molecule has 1 heterocycles. The normalized spacial score (nSPS) is 13.3. The lowest BCUT2D eigenvalue weighted by molar-refractivity contribution is -0.192. The van der Waals surface area contributed by atoms with E-state index in [4.69, 9.17) is 9.90 Å². The third-order valence-electron chi connectivity index (χ3n) is 5.51. The van der Waals surface area contributed by atoms with E-state index in [2.05, 4.69) is 27.2 Å². The molecule has 3 N–H and O–H groups in total. The maximum absolute atomic E-state index is 12.4. The van der Waals surface area contributed by atoms with E-state index in [1.165, 1.54) is 11.8 Å². The lowest BCUT2D eigenvalue weighted by atomic mass is 10.1. The van der Waals surface area contributed by atoms with Gasteiger partial charge < -0.3 is 25.3 Å². The molecule has 4 rings (SSSR count). The number of piperazine rings is 1. The van der Waals surface area contributed by atoms with Gasteiger partial charge in [0.15, 0.2) is 0 Å². The molecule has 3 aromatic rings. The van der Waals surface area contributed by atoms with Gasteiger partial charge in [0.1, 0.15) is 0 Å². The van der Waals surface area contributed by atoms with E-state index in [-0.39, 0.29) is 11.5 Å². The first-order chi connectivity index (χ1) is 17.6. The first-order valence-electron chi connectivity index (χ1n) is 11.1. The number of nitrogens with one attached hydrogen (secondary N) is 1. The van der Waals surface area contributed by atoms with E-state index in [0.29, 0.717) is 16.9 Å². The van der Waals surface area contributed by atoms with Crippen LogP contribution in [-0.2, 0) is 4.79 Å². The third kappa shape index (κ3) is 7.47. The summed E-state index contributed by atoms with van der Waals surface area (Å²) in [7, 11) is 0. The number of para-hydroxylation sites is 1. The van der Waals surface area contributed by atoms with Crippen LogP contribution in [0.25, 0.3) is 0 Å². The Morgan fingerprint density at radius 3 is 1.78 bits per heavy atom. The number of nitrogens with zero attached hydrogens (tertiary/aromatic N) is 2. The van der Waals surface area contributed by atoms with Crippen molar-refractivity contribution < 1.29 is 37.8 Å². The van der Waals surface area contributed by atoms with Gasteiger partial charge >= 0.3 is 18.1 Å². The predicted octanol–water partition coefficient (Wildman–Crippen LogP) is 4.60. The number of alkyl halides is 3. The van der Waals surface area contributed by atoms with Crippen molar-refractivity contribution in [3.63, 3.8) is 0 Å². The fourth-order valence-electron chi connectivity index (χ4n) is 3.70. The van der Waals surface area contributed by atoms with Crippen molar-refractivity contribution in [1.29, 1.82) is 0 Å². The zero-order valence-corrected chi connectivity index (χ0v) is 19.5. The number of rotatable bonds is 5. The smallest absolute Gasteiger partial charge is 0.478 e. The number of amides is 1. The summed E-state index contributed by atoms with van der Waals surface area (Å²) in [4.78, 5) is 37.6. The molecule has 37 heavy (non-hydrogen) atoms. The fraction of sp³-hybridized carbons (Fsp3) is 0.192. The quantitative estimate of drug-likeness (QED) is 0.456. The number of carboxylic acids is 2. The van der Waals surface area contributed by atoms with Crippen LogP contribution >= 0.6 is 0 Å². The van der Waals surface area contributed by atoms with Crippen molar-refractivity contribution in [2.24, 2.45) is 0 Å². The molecular weight excluding hydrogens is 491 g/mol. The second kappa shape index (κ2) is 11.9. The summed E-state index contributed by atoms with van der Waals surface area (Å²) in [5, 5.41) is 19.7. The SMILES string of the molecule is O=C(Nc1ccc(N2CCN(c3ccccc3)CC2)c(C(=O)O)c1)c1ccccc1.O=C(O)C(F)(F)F. The molecule has 0 spiro atoms. The van der Waals surface area contributed by atoms with Gasteiger partial charge in [0.2, 0.25) is 0 Å². The first-order valence-corrected chi connectivity index (χ1v) is 11.1. The van der Waals surface area contributed by atoms with Gasteiger partial charge in [-0.3, -0.25) is 4.79 Å². The van der Waals surface area contributed by atoms with Gasteiger partial charge in [-0.1, -0.05) is 36.4 Å². The Morgan fingerprint density at radius 2 is 1.27 bits per heavy atom. The summed E-state index contributed by atoms with van der Waals surface area (Å²) in [5.74, 6) is -4.03. The standard InChI is InChI=1S/C24H23N3O3.C2HF3O2/c28-23(18-7-3-1-4-8-18)25-19-11-12-22(21(17-19)24(29)30)27-15-13-26(14-16-27)20-9-5-2-6-10-20;3-2(4,5)1(6)7/h1-12,17H,13-16H2,(H,25,28)(H,29,30);(H,6,7). The van der Waals surface area contributed by atoms with Crippen molar-refractivity contribution in [1.82, 2.24) is 0 Å². The van der Waals surface area contributed by atoms with E-state index in [1.54, 1.807) is 36.4 Å². The van der Waals surface area contributed by atoms with Gasteiger partial charge in [-0.05, 0) is 42.5 Å². The van der Waals surface area contributed by atoms with Crippen LogP contribution in [0.15, 0.2) is 78.9 Å². The molecule has 1 fully saturated rings. The highest BCUT2D eigenvalue weighted by Gasteiger charge is 2.38. The molecule has 0 aliphatic carbocycles. The molecule has 0 aromatic heterocycles. The lowest BCUT2D eigenvalue weighted by Crippen LogP contribution is -2.47. The highest BCUT2D eigenvalue weighted by atomic mass is 19.4. The van der Waals surface area contributed by atoms with Crippen LogP contribution in [0.3, 0.4) is 0 Å². The van der Waals surface area contributed by atoms with Crippen molar-refractivity contribution in [3.8, 4) is 0 Å². The largest absolute Gasteiger partial charge is 0.490 e. The molecule has 0 saturated carbocycles. The van der Waals surface area contributed by atoms with Crippen LogP contribution in [0.5, 0.6) is 0 Å². The minimum atomic E-state index is -5.08. The number of carbonyl (C=O) groups is 3. The van der Waals surface area contributed by atoms with Gasteiger partial charge in [-0.15, -0.1) is 0 Å². The monoisotopic (exact) mass is 515 g/mol. The Labute approximate surface area is 210 Å². The van der Waals surface area contributed by atoms with Crippen LogP contribution in [0.1, 0.15) is 20.7 Å². The van der Waals surface area contributed by atoms with E-state index >= 15 is 0 Å². The van der Waals surface area contributed by atoms with Gasteiger partial charge in [0, 0.05) is 43.1 Å². The van der Waals surface area contributed by atoms with Crippen LogP contribution in [-0.4, -0.2) is 60.4 Å². The summed E-state index contributed by atoms with van der Waals surface area (Å²) in [6, 6.07) is 24.1. The molecule has 11 heteroatoms. The number of carbonyl (C=O) groups excluding carboxylic acids is 1. The molecule has 1 aliphatic heterocycles. The van der Waals surface area contributed by atoms with Crippen molar-refractivity contribution in [3.05, 3.63) is 90.0 Å². The van der Waals surface area contributed by atoms with Crippen molar-refractivity contribution in [2.75, 3.05) is 41.3 Å². The van der Waals surface area contributed by atoms with Crippen molar-refractivity contribution >= 4 is 34.9 Å². The third-order valence-corrected chi connectivity index (χ3v) is 5.51. The Kier molecular flexibility index (Phi) is 8.72. The van der Waals surface area contributed by atoms with Gasteiger partial charge in [0.25, 0.3) is 5.91 Å². The lowest BCUT2D eigenvalue weighted by Gasteiger charge is -2.38. The Bertz CT molecular complexity index is 1230. The van der Waals surface area contributed by atoms with Gasteiger partial charge in [0.05, 0.1) is 11.3 Å². The molecule has 1 saturated heterocycles. The summed E-state index contributed by atoms with van der Waals surface area (Å²) in [5.41, 5.74) is 3.03. The molecule has 8 nitrogen and oxygen atoms in total. The predicted molar refractivity (Wildman–Crippen MR) is 132 cm³/mol. The zero-order chi connectivity index (χ0) is 27.0. The summed E-state index contributed by atoms with van der Waals surface area (Å²) >= 11 is 0. The number of carboxylic acid groups (broad SMARTS) is 2. The minimum absolute atomic E-state index is 0.189. The number of benzene rings is 3. The summed E-state index contributed by atoms with van der Waals surface area (Å²) in [6.07, 6.45) is -5.08. The maximum atomic E-state index is 12.4. The summed E-state index contributed by atoms with van der Waals surface area (Å²) in [6.45, 7) is 3.08. The number of aromatic carboxylic acids is 1. The van der Waals surface area contributed by atoms with Crippen molar-refractivity contribution in [2.45, 2.75) is 6.18 Å². The maximum Gasteiger partial charge on any atom is 0.490 e. The number of aliphatic carboxylic acids is 1. The molecule has 0 bridgehead atoms. The number of anilines is 3. The molecule has 1 aliphatic rings. The number of halogens is 3. The Balaban J connectivity index is 0.000000479. The fourth-order valence-corrected chi connectivity index (χ4v) is 3.70. The van der Waals surface area contributed by atoms with Gasteiger partial charge in [-0.2, -0.15) is 13.2 Å². The second-order valence-corrected chi connectivity index (χ2v) is 7.97. The Hall–Kier alpha value is -4.54. The molecule has 3 aromatic carbocycles. The minimum Gasteiger partial charge on any atom is -0.478 e. The molecule has 1 amide bonds. The molecule has 0 atom stereocenters. The van der Waals surface area contributed by atoms with Crippen LogP contribution in [0.2, 0.25) is 0 Å². The molecular formula is C26H24F3N3O5. The average Bonchev–Trinajstić information content (AvgIpc) is 2.89. The van der Waals surface area contributed by atoms with E-state index in [1.807, 2.05) is 24.3 Å². The highest BCUT2D eigenvalue weighted by molar-refractivity contribution is 6.05. The molecule has 194 valence electrons. The topological polar surface area (TPSA) is 110 Å². The zero-order valence-electron chi connectivity index (χ0n) is 19.5. The number of hydrogen-bond donors (Lipinski definition) is 3.